The van der Waals surface area contributed by atoms with E-state index in [1.165, 1.54) is 0 Å². The van der Waals surface area contributed by atoms with Crippen LogP contribution in [-0.4, -0.2) is 62.7 Å². The molecule has 1 heterocycles. The van der Waals surface area contributed by atoms with Crippen LogP contribution in [0.2, 0.25) is 0 Å². The van der Waals surface area contributed by atoms with Crippen molar-refractivity contribution >= 4 is 5.97 Å². The maximum absolute atomic E-state index is 10.4. The molecule has 6 atom stereocenters. The summed E-state index contributed by atoms with van der Waals surface area (Å²) in [5.41, 5.74) is -1.05. The summed E-state index contributed by atoms with van der Waals surface area (Å²) >= 11 is 0. The van der Waals surface area contributed by atoms with Crippen molar-refractivity contribution in [2.24, 2.45) is 0 Å². The van der Waals surface area contributed by atoms with Gasteiger partial charge in [0.2, 0.25) is 0 Å². The Balaban J connectivity index is 2.13. The third-order valence-electron chi connectivity index (χ3n) is 4.83. The highest BCUT2D eigenvalue weighted by atomic mass is 16.7. The molecule has 25 heavy (non-hydrogen) atoms. The Morgan fingerprint density at radius 2 is 1.88 bits per heavy atom. The van der Waals surface area contributed by atoms with Crippen molar-refractivity contribution in [3.8, 4) is 0 Å². The lowest BCUT2D eigenvalue weighted by Crippen LogP contribution is -2.54. The van der Waals surface area contributed by atoms with Crippen LogP contribution >= 0.6 is 0 Å². The van der Waals surface area contributed by atoms with Crippen molar-refractivity contribution in [2.75, 3.05) is 0 Å². The van der Waals surface area contributed by atoms with Crippen LogP contribution in [-0.2, 0) is 14.3 Å². The Bertz CT molecular complexity index is 399. The highest BCUT2D eigenvalue weighted by molar-refractivity contribution is 5.67. The summed E-state index contributed by atoms with van der Waals surface area (Å²) < 4.78 is 11.4. The van der Waals surface area contributed by atoms with Gasteiger partial charge in [-0.1, -0.05) is 25.7 Å². The molecule has 1 saturated heterocycles. The second-order valence-electron chi connectivity index (χ2n) is 7.47. The summed E-state index contributed by atoms with van der Waals surface area (Å²) in [6.45, 7) is 5.35. The summed E-state index contributed by atoms with van der Waals surface area (Å²) in [6.07, 6.45) is 2.27. The van der Waals surface area contributed by atoms with Crippen LogP contribution in [0.4, 0.5) is 0 Å². The minimum atomic E-state index is -1.05. The van der Waals surface area contributed by atoms with Gasteiger partial charge in [0.15, 0.2) is 6.29 Å². The number of carbonyl (C=O) groups is 1. The van der Waals surface area contributed by atoms with Crippen molar-refractivity contribution < 1.29 is 34.7 Å². The van der Waals surface area contributed by atoms with Gasteiger partial charge in [0.25, 0.3) is 0 Å². The number of aliphatic hydroxyl groups is 3. The number of aliphatic carboxylic acids is 1. The molecule has 148 valence electrons. The van der Waals surface area contributed by atoms with Crippen LogP contribution in [0.15, 0.2) is 0 Å². The van der Waals surface area contributed by atoms with Crippen LogP contribution < -0.4 is 0 Å². The van der Waals surface area contributed by atoms with E-state index in [1.54, 1.807) is 13.8 Å². The number of hydrogen-bond donors (Lipinski definition) is 4. The van der Waals surface area contributed by atoms with Gasteiger partial charge in [-0.2, -0.15) is 0 Å². The van der Waals surface area contributed by atoms with Gasteiger partial charge in [-0.25, -0.2) is 0 Å². The zero-order valence-electron chi connectivity index (χ0n) is 15.6. The molecular weight excluding hydrogens is 328 g/mol. The van der Waals surface area contributed by atoms with Gasteiger partial charge in [0.1, 0.15) is 6.10 Å². The molecule has 4 N–H and O–H groups in total. The fourth-order valence-corrected chi connectivity index (χ4v) is 3.01. The SMILES string of the molecule is CC1O[C@@H](O[C@H](C)CCCCCCC(O)CC(=O)O)[C@@H](O)C[C@@]1(C)O. The first-order valence-corrected chi connectivity index (χ1v) is 9.23. The first-order chi connectivity index (χ1) is 11.6. The average molecular weight is 362 g/mol. The molecule has 0 aromatic heterocycles. The molecule has 1 aliphatic heterocycles. The molecule has 1 aliphatic rings. The van der Waals surface area contributed by atoms with Gasteiger partial charge in [-0.05, 0) is 33.6 Å². The normalized spacial score (nSPS) is 32.3. The van der Waals surface area contributed by atoms with E-state index in [0.717, 1.165) is 32.1 Å². The average Bonchev–Trinajstić information content (AvgIpc) is 2.47. The molecule has 1 fully saturated rings. The van der Waals surface area contributed by atoms with E-state index >= 15 is 0 Å². The number of aliphatic hydroxyl groups excluding tert-OH is 2. The van der Waals surface area contributed by atoms with E-state index in [0.29, 0.717) is 6.42 Å². The molecular formula is C18H34O7. The van der Waals surface area contributed by atoms with Gasteiger partial charge in [-0.15, -0.1) is 0 Å². The lowest BCUT2D eigenvalue weighted by molar-refractivity contribution is -0.294. The minimum Gasteiger partial charge on any atom is -0.481 e. The van der Waals surface area contributed by atoms with E-state index in [4.69, 9.17) is 14.6 Å². The predicted molar refractivity (Wildman–Crippen MR) is 92.1 cm³/mol. The van der Waals surface area contributed by atoms with Crippen molar-refractivity contribution in [1.82, 2.24) is 0 Å². The van der Waals surface area contributed by atoms with E-state index in [9.17, 15) is 20.1 Å². The fourth-order valence-electron chi connectivity index (χ4n) is 3.01. The van der Waals surface area contributed by atoms with Crippen LogP contribution in [0.25, 0.3) is 0 Å². The van der Waals surface area contributed by atoms with Gasteiger partial charge >= 0.3 is 5.97 Å². The molecule has 0 bridgehead atoms. The van der Waals surface area contributed by atoms with Crippen molar-refractivity contribution in [3.05, 3.63) is 0 Å². The standard InChI is InChI=1S/C18H34O7/c1-12(8-6-4-5-7-9-14(19)10-16(21)22)24-17-15(20)11-18(3,23)13(2)25-17/h12-15,17,19-20,23H,4-11H2,1-3H3,(H,21,22)/t12-,13?,14?,15+,17-,18-/m1/s1. The smallest absolute Gasteiger partial charge is 0.305 e. The molecule has 0 aromatic rings. The third-order valence-corrected chi connectivity index (χ3v) is 4.83. The Labute approximate surface area is 150 Å². The van der Waals surface area contributed by atoms with Crippen LogP contribution in [0, 0.1) is 0 Å². The quantitative estimate of drug-likeness (QED) is 0.414. The summed E-state index contributed by atoms with van der Waals surface area (Å²) in [5.74, 6) is -0.971. The lowest BCUT2D eigenvalue weighted by atomic mass is 9.90. The van der Waals surface area contributed by atoms with Crippen molar-refractivity contribution in [3.63, 3.8) is 0 Å². The molecule has 0 aromatic carbocycles. The number of carboxylic acid groups (broad SMARTS) is 1. The Kier molecular flexibility index (Phi) is 9.30. The van der Waals surface area contributed by atoms with Gasteiger partial charge < -0.3 is 29.9 Å². The number of rotatable bonds is 11. The zero-order chi connectivity index (χ0) is 19.0. The zero-order valence-corrected chi connectivity index (χ0v) is 15.6. The maximum Gasteiger partial charge on any atom is 0.305 e. The third kappa shape index (κ3) is 8.46. The summed E-state index contributed by atoms with van der Waals surface area (Å²) in [7, 11) is 0. The van der Waals surface area contributed by atoms with Gasteiger partial charge in [-0.3, -0.25) is 4.79 Å². The fraction of sp³-hybridized carbons (Fsp3) is 0.944. The van der Waals surface area contributed by atoms with Crippen LogP contribution in [0.1, 0.15) is 72.1 Å². The largest absolute Gasteiger partial charge is 0.481 e. The molecule has 7 nitrogen and oxygen atoms in total. The molecule has 7 heteroatoms. The second-order valence-corrected chi connectivity index (χ2v) is 7.47. The summed E-state index contributed by atoms with van der Waals surface area (Å²) in [6, 6.07) is 0. The first kappa shape index (κ1) is 22.3. The number of hydrogen-bond acceptors (Lipinski definition) is 6. The first-order valence-electron chi connectivity index (χ1n) is 9.23. The Morgan fingerprint density at radius 1 is 1.28 bits per heavy atom. The van der Waals surface area contributed by atoms with Crippen LogP contribution in [0.3, 0.4) is 0 Å². The molecule has 0 radical (unpaired) electrons. The maximum atomic E-state index is 10.4. The van der Waals surface area contributed by atoms with Gasteiger partial charge in [0, 0.05) is 6.42 Å². The highest BCUT2D eigenvalue weighted by Gasteiger charge is 2.42. The number of carboxylic acids is 1. The minimum absolute atomic E-state index is 0.0625. The highest BCUT2D eigenvalue weighted by Crippen LogP contribution is 2.30. The molecule has 0 spiro atoms. The van der Waals surface area contributed by atoms with E-state index in [-0.39, 0.29) is 18.9 Å². The van der Waals surface area contributed by atoms with Crippen molar-refractivity contribution in [1.29, 1.82) is 0 Å². The summed E-state index contributed by atoms with van der Waals surface area (Å²) in [4.78, 5) is 10.4. The lowest BCUT2D eigenvalue weighted by Gasteiger charge is -2.42. The predicted octanol–water partition coefficient (Wildman–Crippen LogP) is 1.81. The Morgan fingerprint density at radius 3 is 2.48 bits per heavy atom. The topological polar surface area (TPSA) is 116 Å². The molecule has 0 aliphatic carbocycles. The molecule has 0 amide bonds. The van der Waals surface area contributed by atoms with E-state index < -0.39 is 36.2 Å². The Hall–Kier alpha value is -0.730. The van der Waals surface area contributed by atoms with Crippen molar-refractivity contribution in [2.45, 2.75) is 108 Å². The summed E-state index contributed by atoms with van der Waals surface area (Å²) in [5, 5.41) is 38.2. The molecule has 0 saturated carbocycles. The molecule has 1 rings (SSSR count). The molecule has 2 unspecified atom stereocenters. The van der Waals surface area contributed by atoms with E-state index in [2.05, 4.69) is 0 Å². The van der Waals surface area contributed by atoms with E-state index in [1.807, 2.05) is 6.92 Å². The van der Waals surface area contributed by atoms with Crippen LogP contribution in [0.5, 0.6) is 0 Å². The number of ether oxygens (including phenoxy) is 2. The monoisotopic (exact) mass is 362 g/mol. The second kappa shape index (κ2) is 10.4. The van der Waals surface area contributed by atoms with Gasteiger partial charge in [0.05, 0.1) is 30.3 Å². The number of unbranched alkanes of at least 4 members (excludes halogenated alkanes) is 3.